The Morgan fingerprint density at radius 2 is 2.10 bits per heavy atom. The van der Waals surface area contributed by atoms with E-state index >= 15 is 0 Å². The average molecular weight is 303 g/mol. The summed E-state index contributed by atoms with van der Waals surface area (Å²) in [6.45, 7) is 2.22. The van der Waals surface area contributed by atoms with Crippen molar-refractivity contribution in [1.29, 1.82) is 0 Å². The first-order valence-corrected chi connectivity index (χ1v) is 9.21. The molecule has 0 aromatic heterocycles. The van der Waals surface area contributed by atoms with Crippen LogP contribution >= 0.6 is 0 Å². The normalized spacial score (nSPS) is 30.2. The third-order valence-corrected chi connectivity index (χ3v) is 5.90. The van der Waals surface area contributed by atoms with Gasteiger partial charge < -0.3 is 10.6 Å². The third-order valence-electron chi connectivity index (χ3n) is 4.13. The van der Waals surface area contributed by atoms with Crippen molar-refractivity contribution in [1.82, 2.24) is 15.5 Å². The van der Waals surface area contributed by atoms with Crippen molar-refractivity contribution in [2.75, 3.05) is 38.2 Å². The van der Waals surface area contributed by atoms with Crippen LogP contribution in [0.4, 0.5) is 0 Å². The summed E-state index contributed by atoms with van der Waals surface area (Å²) >= 11 is 0. The van der Waals surface area contributed by atoms with Crippen molar-refractivity contribution in [2.24, 2.45) is 0 Å². The number of nitrogens with one attached hydrogen (secondary N) is 2. The lowest BCUT2D eigenvalue weighted by Crippen LogP contribution is -2.50. The lowest BCUT2D eigenvalue weighted by molar-refractivity contribution is -0.123. The van der Waals surface area contributed by atoms with Crippen LogP contribution in [0.2, 0.25) is 0 Å². The number of rotatable bonds is 5. The highest BCUT2D eigenvalue weighted by molar-refractivity contribution is 7.91. The van der Waals surface area contributed by atoms with Gasteiger partial charge in [0.1, 0.15) is 0 Å². The first kappa shape index (κ1) is 15.7. The molecular weight excluding hydrogens is 278 g/mol. The van der Waals surface area contributed by atoms with E-state index in [0.29, 0.717) is 19.0 Å². The van der Waals surface area contributed by atoms with Gasteiger partial charge >= 0.3 is 0 Å². The quantitative estimate of drug-likeness (QED) is 0.707. The van der Waals surface area contributed by atoms with E-state index in [4.69, 9.17) is 0 Å². The molecule has 0 aliphatic carbocycles. The molecule has 116 valence electrons. The molecule has 0 aromatic carbocycles. The molecule has 2 N–H and O–H groups in total. The molecule has 20 heavy (non-hydrogen) atoms. The Labute approximate surface area is 121 Å². The van der Waals surface area contributed by atoms with Crippen molar-refractivity contribution in [3.05, 3.63) is 0 Å². The van der Waals surface area contributed by atoms with E-state index in [1.54, 1.807) is 0 Å². The van der Waals surface area contributed by atoms with Crippen molar-refractivity contribution in [3.8, 4) is 0 Å². The number of carbonyl (C=O) groups excluding carboxylic acids is 1. The Balaban J connectivity index is 1.81. The molecule has 0 bridgehead atoms. The maximum atomic E-state index is 12.1. The number of sulfone groups is 1. The molecule has 0 saturated carbocycles. The molecular formula is C13H25N3O3S. The number of piperidine rings is 1. The van der Waals surface area contributed by atoms with Gasteiger partial charge in [-0.3, -0.25) is 9.69 Å². The maximum absolute atomic E-state index is 12.1. The Kier molecular flexibility index (Phi) is 5.40. The second-order valence-electron chi connectivity index (χ2n) is 5.85. The number of hydrogen-bond acceptors (Lipinski definition) is 5. The first-order chi connectivity index (χ1) is 9.50. The summed E-state index contributed by atoms with van der Waals surface area (Å²) in [5.74, 6) is 0.248. The minimum atomic E-state index is -2.93. The molecule has 2 saturated heterocycles. The van der Waals surface area contributed by atoms with Crippen LogP contribution in [-0.2, 0) is 14.6 Å². The highest BCUT2D eigenvalue weighted by Gasteiger charge is 2.30. The monoisotopic (exact) mass is 303 g/mol. The minimum Gasteiger partial charge on any atom is -0.351 e. The zero-order valence-corrected chi connectivity index (χ0v) is 12.9. The Bertz CT molecular complexity index is 436. The maximum Gasteiger partial charge on any atom is 0.234 e. The number of amides is 1. The zero-order valence-electron chi connectivity index (χ0n) is 12.1. The summed E-state index contributed by atoms with van der Waals surface area (Å²) in [6.07, 6.45) is 4.01. The van der Waals surface area contributed by atoms with Gasteiger partial charge in [-0.2, -0.15) is 0 Å². The summed E-state index contributed by atoms with van der Waals surface area (Å²) in [4.78, 5) is 14.3. The topological polar surface area (TPSA) is 78.5 Å². The SMILES string of the molecule is CNCC1CCCCN1CC(=O)NC1CCS(=O)(=O)C1. The number of carbonyl (C=O) groups is 1. The van der Waals surface area contributed by atoms with E-state index in [0.717, 1.165) is 25.9 Å². The summed E-state index contributed by atoms with van der Waals surface area (Å²) in [5, 5.41) is 6.04. The van der Waals surface area contributed by atoms with Gasteiger partial charge in [0.2, 0.25) is 5.91 Å². The molecule has 2 aliphatic heterocycles. The fraction of sp³-hybridized carbons (Fsp3) is 0.923. The standard InChI is InChI=1S/C13H25N3O3S/c1-14-8-12-4-2-3-6-16(12)9-13(17)15-11-5-7-20(18,19)10-11/h11-12,14H,2-10H2,1H3,(H,15,17). The van der Waals surface area contributed by atoms with E-state index in [9.17, 15) is 13.2 Å². The van der Waals surface area contributed by atoms with Gasteiger partial charge in [0.05, 0.1) is 18.1 Å². The fourth-order valence-electron chi connectivity index (χ4n) is 3.10. The second kappa shape index (κ2) is 6.87. The molecule has 0 aromatic rings. The molecule has 6 nitrogen and oxygen atoms in total. The summed E-state index contributed by atoms with van der Waals surface area (Å²) < 4.78 is 22.8. The van der Waals surface area contributed by atoms with Gasteiger partial charge in [0, 0.05) is 18.6 Å². The van der Waals surface area contributed by atoms with Crippen LogP contribution in [0.25, 0.3) is 0 Å². The predicted octanol–water partition coefficient (Wildman–Crippen LogP) is -0.636. The van der Waals surface area contributed by atoms with Crippen LogP contribution in [0.15, 0.2) is 0 Å². The van der Waals surface area contributed by atoms with E-state index in [1.165, 1.54) is 6.42 Å². The molecule has 2 unspecified atom stereocenters. The van der Waals surface area contributed by atoms with Crippen molar-refractivity contribution < 1.29 is 13.2 Å². The highest BCUT2D eigenvalue weighted by atomic mass is 32.2. The minimum absolute atomic E-state index is 0.0462. The Hall–Kier alpha value is -0.660. The van der Waals surface area contributed by atoms with Crippen molar-refractivity contribution in [3.63, 3.8) is 0 Å². The van der Waals surface area contributed by atoms with Gasteiger partial charge in [0.25, 0.3) is 0 Å². The van der Waals surface area contributed by atoms with E-state index in [1.807, 2.05) is 7.05 Å². The summed E-state index contributed by atoms with van der Waals surface area (Å²) in [7, 11) is -1.01. The Morgan fingerprint density at radius 3 is 2.75 bits per heavy atom. The molecule has 2 rings (SSSR count). The van der Waals surface area contributed by atoms with Crippen LogP contribution in [-0.4, -0.2) is 69.5 Å². The summed E-state index contributed by atoms with van der Waals surface area (Å²) in [6, 6.07) is 0.215. The zero-order chi connectivity index (χ0) is 14.6. The van der Waals surface area contributed by atoms with Crippen LogP contribution in [0.1, 0.15) is 25.7 Å². The molecule has 2 atom stereocenters. The molecule has 2 aliphatic rings. The van der Waals surface area contributed by atoms with Gasteiger partial charge in [-0.05, 0) is 32.9 Å². The lowest BCUT2D eigenvalue weighted by atomic mass is 10.0. The number of likely N-dealkylation sites (tertiary alicyclic amines) is 1. The second-order valence-corrected chi connectivity index (χ2v) is 8.07. The van der Waals surface area contributed by atoms with Crippen molar-refractivity contribution >= 4 is 15.7 Å². The van der Waals surface area contributed by atoms with Crippen LogP contribution < -0.4 is 10.6 Å². The smallest absolute Gasteiger partial charge is 0.234 e. The molecule has 0 radical (unpaired) electrons. The highest BCUT2D eigenvalue weighted by Crippen LogP contribution is 2.16. The third kappa shape index (κ3) is 4.43. The number of hydrogen-bond donors (Lipinski definition) is 2. The van der Waals surface area contributed by atoms with Crippen LogP contribution in [0, 0.1) is 0 Å². The number of nitrogens with zero attached hydrogens (tertiary/aromatic N) is 1. The lowest BCUT2D eigenvalue weighted by Gasteiger charge is -2.35. The summed E-state index contributed by atoms with van der Waals surface area (Å²) in [5.41, 5.74) is 0. The van der Waals surface area contributed by atoms with Crippen LogP contribution in [0.3, 0.4) is 0 Å². The average Bonchev–Trinajstić information content (AvgIpc) is 2.71. The van der Waals surface area contributed by atoms with Gasteiger partial charge in [-0.1, -0.05) is 6.42 Å². The van der Waals surface area contributed by atoms with Gasteiger partial charge in [-0.15, -0.1) is 0 Å². The fourth-order valence-corrected chi connectivity index (χ4v) is 4.77. The Morgan fingerprint density at radius 1 is 1.30 bits per heavy atom. The molecule has 2 fully saturated rings. The number of likely N-dealkylation sites (N-methyl/N-ethyl adjacent to an activating group) is 1. The van der Waals surface area contributed by atoms with Gasteiger partial charge in [-0.25, -0.2) is 8.42 Å². The predicted molar refractivity (Wildman–Crippen MR) is 78.3 cm³/mol. The first-order valence-electron chi connectivity index (χ1n) is 7.38. The van der Waals surface area contributed by atoms with Crippen molar-refractivity contribution in [2.45, 2.75) is 37.8 Å². The largest absolute Gasteiger partial charge is 0.351 e. The molecule has 0 spiro atoms. The van der Waals surface area contributed by atoms with Gasteiger partial charge in [0.15, 0.2) is 9.84 Å². The molecule has 7 heteroatoms. The van der Waals surface area contributed by atoms with E-state index < -0.39 is 9.84 Å². The molecule has 1 amide bonds. The van der Waals surface area contributed by atoms with Crippen LogP contribution in [0.5, 0.6) is 0 Å². The van der Waals surface area contributed by atoms with E-state index in [2.05, 4.69) is 15.5 Å². The van der Waals surface area contributed by atoms with E-state index in [-0.39, 0.29) is 23.5 Å². The molecule has 2 heterocycles.